The van der Waals surface area contributed by atoms with E-state index in [0.29, 0.717) is 31.7 Å². The molecule has 1 aromatic carbocycles. The van der Waals surface area contributed by atoms with Gasteiger partial charge in [-0.1, -0.05) is 19.9 Å². The van der Waals surface area contributed by atoms with E-state index in [1.54, 1.807) is 24.0 Å². The number of aliphatic imine (C=N–C) groups is 1. The van der Waals surface area contributed by atoms with Crippen molar-refractivity contribution in [3.05, 3.63) is 54.3 Å². The number of piperidine rings is 1. The fourth-order valence-electron chi connectivity index (χ4n) is 5.95. The van der Waals surface area contributed by atoms with Crippen LogP contribution >= 0.6 is 11.3 Å². The van der Waals surface area contributed by atoms with Crippen molar-refractivity contribution in [1.29, 1.82) is 0 Å². The summed E-state index contributed by atoms with van der Waals surface area (Å²) >= 11 is 1.53. The number of fused-ring (bicyclic) bond motifs is 1. The minimum atomic E-state index is -1.44. The zero-order chi connectivity index (χ0) is 27.6. The Morgan fingerprint density at radius 1 is 1.28 bits per heavy atom. The molecule has 10 nitrogen and oxygen atoms in total. The third kappa shape index (κ3) is 4.55. The molecule has 1 fully saturated rings. The zero-order valence-electron chi connectivity index (χ0n) is 22.2. The molecule has 2 aliphatic heterocycles. The molecule has 3 unspecified atom stereocenters. The van der Waals surface area contributed by atoms with E-state index in [2.05, 4.69) is 25.9 Å². The van der Waals surface area contributed by atoms with Crippen LogP contribution in [0.5, 0.6) is 0 Å². The highest BCUT2D eigenvalue weighted by molar-refractivity contribution is 7.17. The van der Waals surface area contributed by atoms with Crippen molar-refractivity contribution in [2.45, 2.75) is 33.0 Å². The van der Waals surface area contributed by atoms with E-state index in [9.17, 15) is 14.7 Å². The summed E-state index contributed by atoms with van der Waals surface area (Å²) in [4.78, 5) is 42.2. The van der Waals surface area contributed by atoms with E-state index >= 15 is 0 Å². The van der Waals surface area contributed by atoms with Crippen molar-refractivity contribution in [3.8, 4) is 11.3 Å². The number of carbonyl (C=O) groups excluding carboxylic acids is 1. The number of hydrogen-bond donors (Lipinski definition) is 4. The molecule has 2 aliphatic rings. The number of aromatic nitrogens is 2. The van der Waals surface area contributed by atoms with Crippen LogP contribution in [0.2, 0.25) is 0 Å². The summed E-state index contributed by atoms with van der Waals surface area (Å²) in [5.74, 6) is -3.17. The largest absolute Gasteiger partial charge is 0.481 e. The van der Waals surface area contributed by atoms with Gasteiger partial charge in [-0.05, 0) is 56.1 Å². The number of carboxylic acids is 1. The van der Waals surface area contributed by atoms with Gasteiger partial charge in [-0.15, -0.1) is 11.3 Å². The van der Waals surface area contributed by atoms with E-state index in [0.717, 1.165) is 21.5 Å². The summed E-state index contributed by atoms with van der Waals surface area (Å²) in [6.07, 6.45) is 7.42. The van der Waals surface area contributed by atoms with Gasteiger partial charge < -0.3 is 20.6 Å². The molecule has 2 aromatic heterocycles. The summed E-state index contributed by atoms with van der Waals surface area (Å²) in [7, 11) is 0. The molecule has 3 aromatic rings. The molecule has 4 N–H and O–H groups in total. The lowest BCUT2D eigenvalue weighted by molar-refractivity contribution is -0.162. The van der Waals surface area contributed by atoms with Crippen LogP contribution in [0.25, 0.3) is 21.5 Å². The number of aliphatic carboxylic acids is 1. The lowest BCUT2D eigenvalue weighted by Crippen LogP contribution is -2.72. The van der Waals surface area contributed by atoms with Crippen LogP contribution in [-0.2, 0) is 4.79 Å². The third-order valence-corrected chi connectivity index (χ3v) is 8.71. The maximum Gasteiger partial charge on any atom is 0.318 e. The van der Waals surface area contributed by atoms with Crippen LogP contribution in [-0.4, -0.2) is 58.7 Å². The number of anilines is 1. The first-order valence-corrected chi connectivity index (χ1v) is 14.0. The maximum absolute atomic E-state index is 13.2. The molecule has 0 radical (unpaired) electrons. The minimum Gasteiger partial charge on any atom is -0.481 e. The second-order valence-corrected chi connectivity index (χ2v) is 11.0. The molecule has 204 valence electrons. The average Bonchev–Trinajstić information content (AvgIpc) is 3.42. The van der Waals surface area contributed by atoms with Gasteiger partial charge in [0.05, 0.1) is 32.8 Å². The van der Waals surface area contributed by atoms with Crippen molar-refractivity contribution < 1.29 is 14.7 Å². The Bertz CT molecular complexity index is 1420. The molecule has 5 rings (SSSR count). The molecule has 39 heavy (non-hydrogen) atoms. The SMILES string of the molecule is CCNC(=O)NC1(C2CNCCC2(C(=O)O)C(C)C)N=CC=CN1c1cc(-c2ccccn2)c2scnc2c1. The summed E-state index contributed by atoms with van der Waals surface area (Å²) < 4.78 is 0.991. The lowest BCUT2D eigenvalue weighted by atomic mass is 9.61. The molecule has 0 bridgehead atoms. The number of carbonyl (C=O) groups is 2. The van der Waals surface area contributed by atoms with Crippen molar-refractivity contribution >= 4 is 45.5 Å². The number of rotatable bonds is 7. The number of allylic oxidation sites excluding steroid dienone is 1. The number of carboxylic acid groups (broad SMARTS) is 1. The van der Waals surface area contributed by atoms with E-state index in [1.165, 1.54) is 11.3 Å². The predicted octanol–water partition coefficient (Wildman–Crippen LogP) is 4.07. The van der Waals surface area contributed by atoms with Crippen LogP contribution in [0.1, 0.15) is 27.2 Å². The number of pyridine rings is 1. The highest BCUT2D eigenvalue weighted by atomic mass is 32.1. The van der Waals surface area contributed by atoms with E-state index in [4.69, 9.17) is 4.99 Å². The molecule has 3 atom stereocenters. The van der Waals surface area contributed by atoms with Gasteiger partial charge in [0.1, 0.15) is 0 Å². The van der Waals surface area contributed by atoms with Gasteiger partial charge in [0, 0.05) is 43.0 Å². The minimum absolute atomic E-state index is 0.219. The van der Waals surface area contributed by atoms with Crippen LogP contribution in [0.4, 0.5) is 10.5 Å². The third-order valence-electron chi connectivity index (χ3n) is 7.83. The van der Waals surface area contributed by atoms with Gasteiger partial charge in [0.15, 0.2) is 0 Å². The standard InChI is InChI=1S/C28H33N7O3S/c1-4-30-26(38)34-28(23-16-29-12-9-27(23,18(2)3)25(36)37)33-11-7-13-35(28)19-14-20(21-8-5-6-10-31-21)24-22(15-19)32-17-39-24/h5-8,10-11,13-15,17-18,23,29H,4,9,12,16H2,1-3H3,(H,36,37)(H2,30,34,38). The average molecular weight is 548 g/mol. The summed E-state index contributed by atoms with van der Waals surface area (Å²) in [6, 6.07) is 9.28. The number of benzene rings is 1. The molecule has 4 heterocycles. The highest BCUT2D eigenvalue weighted by Gasteiger charge is 2.61. The maximum atomic E-state index is 13.2. The van der Waals surface area contributed by atoms with Gasteiger partial charge in [-0.3, -0.25) is 15.1 Å². The Labute approximate surface area is 231 Å². The first-order valence-electron chi connectivity index (χ1n) is 13.1. The summed E-state index contributed by atoms with van der Waals surface area (Å²) in [5, 5.41) is 20.0. The number of urea groups is 1. The Morgan fingerprint density at radius 3 is 2.85 bits per heavy atom. The summed E-state index contributed by atoms with van der Waals surface area (Å²) in [6.45, 7) is 7.02. The van der Waals surface area contributed by atoms with E-state index in [1.807, 2.05) is 62.2 Å². The number of amides is 2. The molecule has 0 aliphatic carbocycles. The Kier molecular flexibility index (Phi) is 7.37. The smallest absolute Gasteiger partial charge is 0.318 e. The molecule has 0 saturated carbocycles. The monoisotopic (exact) mass is 547 g/mol. The van der Waals surface area contributed by atoms with Gasteiger partial charge in [-0.25, -0.2) is 14.8 Å². The molecular formula is C28H33N7O3S. The lowest BCUT2D eigenvalue weighted by Gasteiger charge is -2.55. The number of nitrogens with zero attached hydrogens (tertiary/aromatic N) is 4. The Hall–Kier alpha value is -3.83. The molecule has 0 spiro atoms. The number of thiazole rings is 1. The normalized spacial score (nSPS) is 24.7. The molecular weight excluding hydrogens is 514 g/mol. The van der Waals surface area contributed by atoms with Gasteiger partial charge in [0.25, 0.3) is 0 Å². The molecule has 2 amide bonds. The van der Waals surface area contributed by atoms with Crippen molar-refractivity contribution in [1.82, 2.24) is 25.9 Å². The fraction of sp³-hybridized carbons (Fsp3) is 0.393. The Morgan fingerprint density at radius 2 is 2.13 bits per heavy atom. The second kappa shape index (κ2) is 10.7. The predicted molar refractivity (Wildman–Crippen MR) is 154 cm³/mol. The topological polar surface area (TPSA) is 132 Å². The number of hydrogen-bond acceptors (Lipinski definition) is 8. The molecule has 1 saturated heterocycles. The van der Waals surface area contributed by atoms with Crippen LogP contribution < -0.4 is 20.9 Å². The van der Waals surface area contributed by atoms with Crippen LogP contribution in [0.15, 0.2) is 59.3 Å². The van der Waals surface area contributed by atoms with Gasteiger partial charge in [-0.2, -0.15) is 0 Å². The number of nitrogens with one attached hydrogen (secondary N) is 3. The summed E-state index contributed by atoms with van der Waals surface area (Å²) in [5.41, 5.74) is 3.83. The first kappa shape index (κ1) is 26.8. The van der Waals surface area contributed by atoms with Crippen molar-refractivity contribution in [2.75, 3.05) is 24.5 Å². The quantitative estimate of drug-likeness (QED) is 0.351. The van der Waals surface area contributed by atoms with E-state index < -0.39 is 29.1 Å². The van der Waals surface area contributed by atoms with Crippen molar-refractivity contribution in [2.24, 2.45) is 22.2 Å². The van der Waals surface area contributed by atoms with Gasteiger partial charge >= 0.3 is 12.0 Å². The van der Waals surface area contributed by atoms with E-state index in [-0.39, 0.29) is 5.92 Å². The first-order chi connectivity index (χ1) is 18.8. The second-order valence-electron chi connectivity index (χ2n) is 10.1. The highest BCUT2D eigenvalue weighted by Crippen LogP contribution is 2.50. The zero-order valence-corrected chi connectivity index (χ0v) is 23.0. The molecule has 11 heteroatoms. The van der Waals surface area contributed by atoms with Crippen molar-refractivity contribution in [3.63, 3.8) is 0 Å². The van der Waals surface area contributed by atoms with Crippen LogP contribution in [0.3, 0.4) is 0 Å². The van der Waals surface area contributed by atoms with Gasteiger partial charge in [0.2, 0.25) is 5.79 Å². The fourth-order valence-corrected chi connectivity index (χ4v) is 6.74. The Balaban J connectivity index is 1.74. The van der Waals surface area contributed by atoms with Crippen LogP contribution in [0, 0.1) is 17.3 Å².